The summed E-state index contributed by atoms with van der Waals surface area (Å²) in [6.07, 6.45) is 14.5. The van der Waals surface area contributed by atoms with Crippen molar-refractivity contribution in [3.63, 3.8) is 0 Å². The van der Waals surface area contributed by atoms with Gasteiger partial charge in [-0.3, -0.25) is 4.79 Å². The first-order chi connectivity index (χ1) is 16.5. The van der Waals surface area contributed by atoms with Crippen molar-refractivity contribution in [1.29, 1.82) is 0 Å². The number of hydrogen-bond donors (Lipinski definition) is 1. The normalized spacial score (nSPS) is 29.0. The van der Waals surface area contributed by atoms with Crippen LogP contribution in [0.2, 0.25) is 0 Å². The van der Waals surface area contributed by atoms with Crippen molar-refractivity contribution in [2.75, 3.05) is 13.2 Å². The van der Waals surface area contributed by atoms with Gasteiger partial charge in [-0.1, -0.05) is 19.3 Å². The number of hydrogen-bond acceptors (Lipinski definition) is 3. The Balaban J connectivity index is 1.22. The van der Waals surface area contributed by atoms with Crippen LogP contribution in [0.5, 0.6) is 5.75 Å². The summed E-state index contributed by atoms with van der Waals surface area (Å²) in [5, 5.41) is 9.52. The number of carbonyl (C=O) groups excluding carboxylic acids is 1. The summed E-state index contributed by atoms with van der Waals surface area (Å²) < 4.78 is 21.2. The Morgan fingerprint density at radius 1 is 1.00 bits per heavy atom. The van der Waals surface area contributed by atoms with Gasteiger partial charge in [-0.2, -0.15) is 0 Å². The Bertz CT molecular complexity index is 902. The maximum atomic E-state index is 15.1. The summed E-state index contributed by atoms with van der Waals surface area (Å²) in [5.74, 6) is 1.39. The largest absolute Gasteiger partial charge is 0.493 e. The average molecular weight is 472 g/mol. The topological polar surface area (TPSA) is 66.8 Å². The number of nitrogens with zero attached hydrogens (tertiary/aromatic N) is 1. The number of rotatable bonds is 8. The molecule has 2 unspecified atom stereocenters. The van der Waals surface area contributed by atoms with Gasteiger partial charge in [0.15, 0.2) is 0 Å². The highest BCUT2D eigenvalue weighted by molar-refractivity contribution is 5.97. The molecule has 1 aromatic carbocycles. The highest BCUT2D eigenvalue weighted by Crippen LogP contribution is 2.46. The molecular weight excluding hydrogens is 433 g/mol. The fourth-order valence-corrected chi connectivity index (χ4v) is 6.82. The monoisotopic (exact) mass is 471 g/mol. The molecule has 1 saturated heterocycles. The molecule has 6 heteroatoms. The smallest absolute Gasteiger partial charge is 0.326 e. The van der Waals surface area contributed by atoms with Crippen molar-refractivity contribution in [3.8, 4) is 5.75 Å². The zero-order valence-electron chi connectivity index (χ0n) is 20.1. The summed E-state index contributed by atoms with van der Waals surface area (Å²) in [6, 6.07) is 2.13. The van der Waals surface area contributed by atoms with Crippen LogP contribution in [0.1, 0.15) is 105 Å². The maximum absolute atomic E-state index is 15.1. The number of aliphatic carboxylic acids is 1. The molecule has 186 valence electrons. The van der Waals surface area contributed by atoms with Crippen LogP contribution in [0.4, 0.5) is 4.39 Å². The number of piperidine rings is 1. The first-order valence-electron chi connectivity index (χ1n) is 13.5. The summed E-state index contributed by atoms with van der Waals surface area (Å²) in [5.41, 5.74) is 0.886. The summed E-state index contributed by atoms with van der Waals surface area (Å²) in [4.78, 5) is 26.1. The molecule has 4 fully saturated rings. The third-order valence-electron chi connectivity index (χ3n) is 8.63. The van der Waals surface area contributed by atoms with Crippen molar-refractivity contribution in [2.24, 2.45) is 17.8 Å². The first kappa shape index (κ1) is 23.6. The van der Waals surface area contributed by atoms with E-state index in [4.69, 9.17) is 4.74 Å². The summed E-state index contributed by atoms with van der Waals surface area (Å²) >= 11 is 0. The molecule has 1 aliphatic heterocycles. The zero-order chi connectivity index (χ0) is 23.7. The van der Waals surface area contributed by atoms with E-state index < -0.39 is 23.7 Å². The lowest BCUT2D eigenvalue weighted by Crippen LogP contribution is -2.48. The standard InChI is InChI=1S/C28H38FNO4/c29-24-17-26(34-12-4-7-20-14-18-5-3-6-19(13-18)15-20)22(21-9-10-21)16-23(24)27(31)30-11-2-1-8-25(30)28(32)33/h16-21,25H,1-15H2,(H,32,33)/t18?,19?,20?,25-/m0/s1. The number of benzene rings is 1. The van der Waals surface area contributed by atoms with E-state index in [0.29, 0.717) is 31.2 Å². The Kier molecular flexibility index (Phi) is 7.12. The van der Waals surface area contributed by atoms with Gasteiger partial charge in [0, 0.05) is 12.6 Å². The van der Waals surface area contributed by atoms with Gasteiger partial charge < -0.3 is 14.7 Å². The van der Waals surface area contributed by atoms with Crippen LogP contribution in [0.15, 0.2) is 12.1 Å². The van der Waals surface area contributed by atoms with Crippen LogP contribution < -0.4 is 4.74 Å². The van der Waals surface area contributed by atoms with Gasteiger partial charge in [-0.15, -0.1) is 0 Å². The minimum atomic E-state index is -1.02. The van der Waals surface area contributed by atoms with Gasteiger partial charge in [-0.05, 0) is 99.5 Å². The van der Waals surface area contributed by atoms with Gasteiger partial charge in [0.05, 0.1) is 12.2 Å². The number of amides is 1. The Labute approximate surface area is 202 Å². The molecule has 4 aliphatic rings. The fraction of sp³-hybridized carbons (Fsp3) is 0.714. The molecule has 3 saturated carbocycles. The molecule has 3 atom stereocenters. The Morgan fingerprint density at radius 2 is 1.76 bits per heavy atom. The minimum absolute atomic E-state index is 0.0175. The summed E-state index contributed by atoms with van der Waals surface area (Å²) in [7, 11) is 0. The first-order valence-corrected chi connectivity index (χ1v) is 13.5. The minimum Gasteiger partial charge on any atom is -0.493 e. The predicted molar refractivity (Wildman–Crippen MR) is 128 cm³/mol. The van der Waals surface area contributed by atoms with Gasteiger partial charge in [-0.25, -0.2) is 9.18 Å². The third-order valence-corrected chi connectivity index (χ3v) is 8.63. The Morgan fingerprint density at radius 3 is 2.47 bits per heavy atom. The molecule has 5 rings (SSSR count). The fourth-order valence-electron chi connectivity index (χ4n) is 6.82. The van der Waals surface area contributed by atoms with Crippen LogP contribution in [-0.2, 0) is 4.79 Å². The highest BCUT2D eigenvalue weighted by atomic mass is 19.1. The van der Waals surface area contributed by atoms with Crippen molar-refractivity contribution >= 4 is 11.9 Å². The van der Waals surface area contributed by atoms with E-state index in [2.05, 4.69) is 0 Å². The van der Waals surface area contributed by atoms with E-state index in [9.17, 15) is 14.7 Å². The van der Waals surface area contributed by atoms with Crippen LogP contribution in [-0.4, -0.2) is 41.1 Å². The van der Waals surface area contributed by atoms with Crippen molar-refractivity contribution in [2.45, 2.75) is 95.4 Å². The van der Waals surface area contributed by atoms with Crippen molar-refractivity contribution in [3.05, 3.63) is 29.1 Å². The lowest BCUT2D eigenvalue weighted by molar-refractivity contribution is -0.143. The van der Waals surface area contributed by atoms with Crippen molar-refractivity contribution in [1.82, 2.24) is 4.90 Å². The molecule has 0 radical (unpaired) electrons. The molecule has 1 heterocycles. The second-order valence-electron chi connectivity index (χ2n) is 11.2. The van der Waals surface area contributed by atoms with Gasteiger partial charge in [0.25, 0.3) is 5.91 Å². The second kappa shape index (κ2) is 10.2. The number of fused-ring (bicyclic) bond motifs is 2. The molecule has 0 spiro atoms. The van der Waals surface area contributed by atoms with Crippen LogP contribution >= 0.6 is 0 Å². The van der Waals surface area contributed by atoms with E-state index in [-0.39, 0.29) is 5.56 Å². The molecule has 1 N–H and O–H groups in total. The van der Waals surface area contributed by atoms with Crippen LogP contribution in [0.3, 0.4) is 0 Å². The lowest BCUT2D eigenvalue weighted by Gasteiger charge is -2.39. The molecule has 5 nitrogen and oxygen atoms in total. The van der Waals surface area contributed by atoms with Crippen molar-refractivity contribution < 1.29 is 23.8 Å². The van der Waals surface area contributed by atoms with Gasteiger partial charge in [0.2, 0.25) is 0 Å². The lowest BCUT2D eigenvalue weighted by atomic mass is 9.67. The second-order valence-corrected chi connectivity index (χ2v) is 11.2. The average Bonchev–Trinajstić information content (AvgIpc) is 3.67. The highest BCUT2D eigenvalue weighted by Gasteiger charge is 2.36. The van der Waals surface area contributed by atoms with Crippen LogP contribution in [0, 0.1) is 23.6 Å². The predicted octanol–water partition coefficient (Wildman–Crippen LogP) is 6.16. The number of halogens is 1. The molecule has 0 aromatic heterocycles. The molecule has 1 aromatic rings. The quantitative estimate of drug-likeness (QED) is 0.461. The Hall–Kier alpha value is -2.11. The molecular formula is C28H38FNO4. The van der Waals surface area contributed by atoms with E-state index >= 15 is 4.39 Å². The molecule has 3 aliphatic carbocycles. The van der Waals surface area contributed by atoms with Crippen LogP contribution in [0.25, 0.3) is 0 Å². The number of likely N-dealkylation sites (tertiary alicyclic amines) is 1. The molecule has 34 heavy (non-hydrogen) atoms. The summed E-state index contributed by atoms with van der Waals surface area (Å²) in [6.45, 7) is 0.931. The van der Waals surface area contributed by atoms with Gasteiger partial charge >= 0.3 is 5.97 Å². The third kappa shape index (κ3) is 5.26. The number of carboxylic acid groups (broad SMARTS) is 1. The zero-order valence-corrected chi connectivity index (χ0v) is 20.1. The number of carbonyl (C=O) groups is 2. The number of ether oxygens (including phenoxy) is 1. The number of carboxylic acids is 1. The molecule has 1 amide bonds. The maximum Gasteiger partial charge on any atom is 0.326 e. The van der Waals surface area contributed by atoms with E-state index in [1.165, 1.54) is 55.9 Å². The van der Waals surface area contributed by atoms with E-state index in [1.807, 2.05) is 0 Å². The SMILES string of the molecule is O=C(O)[C@@H]1CCCCN1C(=O)c1cc(C2CC2)c(OCCCC2CC3CCCC(C2)C3)cc1F. The molecule has 2 bridgehead atoms. The van der Waals surface area contributed by atoms with E-state index in [1.54, 1.807) is 6.07 Å². The van der Waals surface area contributed by atoms with E-state index in [0.717, 1.165) is 55.4 Å². The van der Waals surface area contributed by atoms with Gasteiger partial charge in [0.1, 0.15) is 17.6 Å².